The van der Waals surface area contributed by atoms with Crippen molar-refractivity contribution in [1.29, 1.82) is 0 Å². The number of amides is 1. The fourth-order valence-electron chi connectivity index (χ4n) is 3.95. The fraction of sp³-hybridized carbons (Fsp3) is 0.208. The molecule has 0 unspecified atom stereocenters. The van der Waals surface area contributed by atoms with Crippen LogP contribution in [-0.4, -0.2) is 43.9 Å². The topological polar surface area (TPSA) is 105 Å². The molecular formula is C24H23N7O2S. The van der Waals surface area contributed by atoms with Gasteiger partial charge in [0.1, 0.15) is 0 Å². The number of carbonyl (C=O) groups excluding carboxylic acids is 1. The fourth-order valence-corrected chi connectivity index (χ4v) is 5.03. The number of carbonyl (C=O) groups is 1. The third kappa shape index (κ3) is 4.20. The van der Waals surface area contributed by atoms with Gasteiger partial charge in [0.2, 0.25) is 11.9 Å². The van der Waals surface area contributed by atoms with E-state index in [4.69, 9.17) is 4.98 Å². The number of rotatable bonds is 5. The summed E-state index contributed by atoms with van der Waals surface area (Å²) in [5.41, 5.74) is 3.26. The summed E-state index contributed by atoms with van der Waals surface area (Å²) in [6.45, 7) is 7.20. The van der Waals surface area contributed by atoms with Crippen LogP contribution >= 0.6 is 11.3 Å². The van der Waals surface area contributed by atoms with E-state index in [-0.39, 0.29) is 11.5 Å². The number of aromatic nitrogens is 4. The van der Waals surface area contributed by atoms with E-state index in [1.54, 1.807) is 47.9 Å². The number of pyridine rings is 1. The quantitative estimate of drug-likeness (QED) is 0.428. The molecule has 1 aliphatic rings. The van der Waals surface area contributed by atoms with E-state index >= 15 is 0 Å². The molecule has 34 heavy (non-hydrogen) atoms. The highest BCUT2D eigenvalue weighted by molar-refractivity contribution is 7.15. The summed E-state index contributed by atoms with van der Waals surface area (Å²) in [6.07, 6.45) is 3.82. The molecule has 0 fully saturated rings. The second-order valence-corrected chi connectivity index (χ2v) is 9.26. The molecule has 10 heteroatoms. The lowest BCUT2D eigenvalue weighted by molar-refractivity contribution is -0.111. The first-order chi connectivity index (χ1) is 16.4. The average molecular weight is 474 g/mol. The van der Waals surface area contributed by atoms with Crippen LogP contribution in [0.25, 0.3) is 16.7 Å². The van der Waals surface area contributed by atoms with Crippen molar-refractivity contribution >= 4 is 45.0 Å². The number of nitrogens with zero attached hydrogens (tertiary/aromatic N) is 5. The van der Waals surface area contributed by atoms with Crippen LogP contribution in [0.5, 0.6) is 0 Å². The number of thiazole rings is 1. The van der Waals surface area contributed by atoms with E-state index in [2.05, 4.69) is 39.1 Å². The third-order valence-corrected chi connectivity index (χ3v) is 6.66. The molecule has 5 rings (SSSR count). The number of benzene rings is 1. The van der Waals surface area contributed by atoms with Crippen molar-refractivity contribution in [2.75, 3.05) is 24.2 Å². The minimum Gasteiger partial charge on any atom is -0.322 e. The van der Waals surface area contributed by atoms with Crippen LogP contribution in [0, 0.1) is 6.92 Å². The molecule has 0 saturated carbocycles. The number of hydrogen-bond acceptors (Lipinski definition) is 8. The van der Waals surface area contributed by atoms with Gasteiger partial charge in [0.25, 0.3) is 5.56 Å². The largest absolute Gasteiger partial charge is 0.322 e. The Morgan fingerprint density at radius 2 is 2.12 bits per heavy atom. The normalized spacial score (nSPS) is 13.5. The maximum absolute atomic E-state index is 13.0. The Labute approximate surface area is 199 Å². The van der Waals surface area contributed by atoms with Gasteiger partial charge in [-0.1, -0.05) is 12.6 Å². The predicted molar refractivity (Wildman–Crippen MR) is 134 cm³/mol. The van der Waals surface area contributed by atoms with Gasteiger partial charge in [0.15, 0.2) is 10.8 Å². The smallest absolute Gasteiger partial charge is 0.257 e. The molecule has 0 aliphatic carbocycles. The summed E-state index contributed by atoms with van der Waals surface area (Å²) < 4.78 is 1.51. The van der Waals surface area contributed by atoms with E-state index in [1.165, 1.54) is 15.5 Å². The SMILES string of the molecule is C=CC(=O)Nc1cccc(-n2c(=O)cc(C)c3cnc(Nc4nc5c(s4)CN(C)CC5)nc32)c1. The van der Waals surface area contributed by atoms with Gasteiger partial charge in [-0.05, 0) is 43.8 Å². The van der Waals surface area contributed by atoms with Gasteiger partial charge in [-0.25, -0.2) is 9.97 Å². The Morgan fingerprint density at radius 1 is 1.26 bits per heavy atom. The van der Waals surface area contributed by atoms with Crippen molar-refractivity contribution < 1.29 is 4.79 Å². The zero-order valence-corrected chi connectivity index (χ0v) is 19.6. The predicted octanol–water partition coefficient (Wildman–Crippen LogP) is 3.40. The molecular weight excluding hydrogens is 450 g/mol. The molecule has 0 radical (unpaired) electrons. The maximum Gasteiger partial charge on any atom is 0.257 e. The molecule has 0 bridgehead atoms. The van der Waals surface area contributed by atoms with Crippen LogP contribution in [0.1, 0.15) is 16.1 Å². The molecule has 1 amide bonds. The van der Waals surface area contributed by atoms with Gasteiger partial charge < -0.3 is 10.2 Å². The molecule has 1 aliphatic heterocycles. The van der Waals surface area contributed by atoms with E-state index in [9.17, 15) is 9.59 Å². The van der Waals surface area contributed by atoms with Gasteiger partial charge >= 0.3 is 0 Å². The number of fused-ring (bicyclic) bond motifs is 2. The van der Waals surface area contributed by atoms with Crippen molar-refractivity contribution in [3.05, 3.63) is 75.7 Å². The molecule has 9 nitrogen and oxygen atoms in total. The van der Waals surface area contributed by atoms with Crippen molar-refractivity contribution in [2.24, 2.45) is 0 Å². The average Bonchev–Trinajstić information content (AvgIpc) is 3.20. The summed E-state index contributed by atoms with van der Waals surface area (Å²) in [5, 5.41) is 7.42. The van der Waals surface area contributed by atoms with Crippen LogP contribution in [0.15, 0.2) is 54.0 Å². The standard InChI is InChI=1S/C24H23N7O2S/c1-4-20(32)26-15-6-5-7-16(11-15)31-21(33)10-14(2)17-12-25-23(28-22(17)31)29-24-27-18-8-9-30(3)13-19(18)34-24/h4-7,10-12H,1,8-9,13H2,2-3H3,(H,26,32)(H,25,27,28,29). The van der Waals surface area contributed by atoms with Crippen molar-refractivity contribution in [3.8, 4) is 5.69 Å². The van der Waals surface area contributed by atoms with E-state index < -0.39 is 0 Å². The molecule has 172 valence electrons. The lowest BCUT2D eigenvalue weighted by Gasteiger charge is -2.20. The third-order valence-electron chi connectivity index (χ3n) is 5.66. The zero-order valence-electron chi connectivity index (χ0n) is 18.8. The Hall–Kier alpha value is -3.89. The minimum atomic E-state index is -0.329. The van der Waals surface area contributed by atoms with Crippen molar-refractivity contribution in [3.63, 3.8) is 0 Å². The van der Waals surface area contributed by atoms with Gasteiger partial charge in [0.05, 0.1) is 11.4 Å². The summed E-state index contributed by atoms with van der Waals surface area (Å²) in [7, 11) is 2.10. The molecule has 4 heterocycles. The molecule has 0 saturated heterocycles. The van der Waals surface area contributed by atoms with E-state index in [0.717, 1.165) is 41.3 Å². The first-order valence-corrected chi connectivity index (χ1v) is 11.6. The highest BCUT2D eigenvalue weighted by atomic mass is 32.1. The highest BCUT2D eigenvalue weighted by Gasteiger charge is 2.19. The summed E-state index contributed by atoms with van der Waals surface area (Å²) >= 11 is 1.60. The molecule has 3 aromatic heterocycles. The number of aryl methyl sites for hydroxylation is 1. The van der Waals surface area contributed by atoms with Gasteiger partial charge in [-0.15, -0.1) is 11.3 Å². The lowest BCUT2D eigenvalue weighted by atomic mass is 10.2. The Morgan fingerprint density at radius 3 is 2.94 bits per heavy atom. The molecule has 2 N–H and O–H groups in total. The van der Waals surface area contributed by atoms with Crippen LogP contribution < -0.4 is 16.2 Å². The summed E-state index contributed by atoms with van der Waals surface area (Å²) in [5.74, 6) is 0.0335. The van der Waals surface area contributed by atoms with E-state index in [0.29, 0.717) is 23.0 Å². The van der Waals surface area contributed by atoms with Crippen molar-refractivity contribution in [1.82, 2.24) is 24.4 Å². The number of hydrogen-bond donors (Lipinski definition) is 2. The summed E-state index contributed by atoms with van der Waals surface area (Å²) in [4.78, 5) is 42.1. The van der Waals surface area contributed by atoms with Crippen molar-refractivity contribution in [2.45, 2.75) is 19.9 Å². The second-order valence-electron chi connectivity index (χ2n) is 8.18. The van der Waals surface area contributed by atoms with Gasteiger partial charge in [0, 0.05) is 47.7 Å². The Bertz CT molecular complexity index is 1490. The van der Waals surface area contributed by atoms with Gasteiger partial charge in [-0.2, -0.15) is 4.98 Å². The number of likely N-dealkylation sites (N-methyl/N-ethyl adjacent to an activating group) is 1. The molecule has 1 aromatic carbocycles. The summed E-state index contributed by atoms with van der Waals surface area (Å²) in [6, 6.07) is 8.58. The van der Waals surface area contributed by atoms with Crippen LogP contribution in [0.2, 0.25) is 0 Å². The molecule has 0 atom stereocenters. The first-order valence-electron chi connectivity index (χ1n) is 10.8. The lowest BCUT2D eigenvalue weighted by Crippen LogP contribution is -2.25. The van der Waals surface area contributed by atoms with Gasteiger partial charge in [-0.3, -0.25) is 19.5 Å². The highest BCUT2D eigenvalue weighted by Crippen LogP contribution is 2.29. The van der Waals surface area contributed by atoms with Crippen LogP contribution in [-0.2, 0) is 17.8 Å². The second kappa shape index (κ2) is 8.81. The Balaban J connectivity index is 1.56. The van der Waals surface area contributed by atoms with Crippen LogP contribution in [0.4, 0.5) is 16.8 Å². The maximum atomic E-state index is 13.0. The monoisotopic (exact) mass is 473 g/mol. The first kappa shape index (κ1) is 21.9. The number of nitrogens with one attached hydrogen (secondary N) is 2. The number of anilines is 3. The molecule has 4 aromatic rings. The zero-order chi connectivity index (χ0) is 23.8. The molecule has 0 spiro atoms. The Kier molecular flexibility index (Phi) is 5.68. The van der Waals surface area contributed by atoms with E-state index in [1.807, 2.05) is 6.92 Å². The van der Waals surface area contributed by atoms with Crippen LogP contribution in [0.3, 0.4) is 0 Å². The minimum absolute atomic E-state index is 0.227.